The maximum absolute atomic E-state index is 6.11. The van der Waals surface area contributed by atoms with E-state index in [1.807, 2.05) is 6.07 Å². The van der Waals surface area contributed by atoms with E-state index in [-0.39, 0.29) is 6.10 Å². The molecule has 3 nitrogen and oxygen atoms in total. The molecule has 1 aliphatic rings. The quantitative estimate of drug-likeness (QED) is 0.850. The summed E-state index contributed by atoms with van der Waals surface area (Å²) in [6.07, 6.45) is 0.113. The van der Waals surface area contributed by atoms with E-state index >= 15 is 0 Å². The summed E-state index contributed by atoms with van der Waals surface area (Å²) in [5, 5.41) is 1.20. The van der Waals surface area contributed by atoms with Crippen molar-refractivity contribution < 1.29 is 4.74 Å². The Labute approximate surface area is 125 Å². The summed E-state index contributed by atoms with van der Waals surface area (Å²) in [6.45, 7) is 7.43. The van der Waals surface area contributed by atoms with E-state index in [1.165, 1.54) is 0 Å². The molecule has 1 aromatic carbocycles. The Morgan fingerprint density at radius 3 is 2.53 bits per heavy atom. The van der Waals surface area contributed by atoms with Crippen LogP contribution in [-0.2, 0) is 0 Å². The van der Waals surface area contributed by atoms with Gasteiger partial charge in [-0.3, -0.25) is 4.90 Å². The molecule has 1 aliphatic heterocycles. The lowest BCUT2D eigenvalue weighted by Gasteiger charge is -2.33. The maximum atomic E-state index is 6.11. The fourth-order valence-electron chi connectivity index (χ4n) is 2.22. The van der Waals surface area contributed by atoms with Crippen LogP contribution in [0.5, 0.6) is 5.75 Å². The standard InChI is InChI=1S/C14H20Cl2N2O/c1-11(10-18-7-5-17(2)6-8-18)19-14-4-3-12(15)9-13(14)16/h3-4,9,11H,5-8,10H2,1-2H3. The third-order valence-corrected chi connectivity index (χ3v) is 3.86. The van der Waals surface area contributed by atoms with Gasteiger partial charge in [0.15, 0.2) is 0 Å². The molecule has 0 saturated carbocycles. The number of hydrogen-bond donors (Lipinski definition) is 0. The molecule has 0 amide bonds. The van der Waals surface area contributed by atoms with Crippen molar-refractivity contribution in [2.45, 2.75) is 13.0 Å². The van der Waals surface area contributed by atoms with Gasteiger partial charge in [-0.2, -0.15) is 0 Å². The van der Waals surface area contributed by atoms with Gasteiger partial charge in [0.2, 0.25) is 0 Å². The lowest BCUT2D eigenvalue weighted by Crippen LogP contribution is -2.47. The lowest BCUT2D eigenvalue weighted by molar-refractivity contribution is 0.101. The van der Waals surface area contributed by atoms with Crippen LogP contribution in [0, 0.1) is 0 Å². The Balaban J connectivity index is 1.85. The summed E-state index contributed by atoms with van der Waals surface area (Å²) in [5.41, 5.74) is 0. The van der Waals surface area contributed by atoms with Crippen molar-refractivity contribution in [3.8, 4) is 5.75 Å². The molecule has 0 aromatic heterocycles. The van der Waals surface area contributed by atoms with E-state index in [0.29, 0.717) is 15.8 Å². The monoisotopic (exact) mass is 302 g/mol. The van der Waals surface area contributed by atoms with Crippen LogP contribution >= 0.6 is 23.2 Å². The topological polar surface area (TPSA) is 15.7 Å². The van der Waals surface area contributed by atoms with Gasteiger partial charge in [0.25, 0.3) is 0 Å². The number of nitrogens with zero attached hydrogens (tertiary/aromatic N) is 2. The van der Waals surface area contributed by atoms with Crippen LogP contribution < -0.4 is 4.74 Å². The first-order valence-corrected chi connectivity index (χ1v) is 7.33. The lowest BCUT2D eigenvalue weighted by atomic mass is 10.3. The zero-order valence-corrected chi connectivity index (χ0v) is 12.9. The van der Waals surface area contributed by atoms with Gasteiger partial charge in [0.05, 0.1) is 5.02 Å². The molecule has 5 heteroatoms. The molecule has 1 unspecified atom stereocenters. The second kappa shape index (κ2) is 6.80. The summed E-state index contributed by atoms with van der Waals surface area (Å²) < 4.78 is 5.88. The Hall–Kier alpha value is -0.480. The van der Waals surface area contributed by atoms with Crippen molar-refractivity contribution in [1.82, 2.24) is 9.80 Å². The van der Waals surface area contributed by atoms with Crippen molar-refractivity contribution in [2.75, 3.05) is 39.8 Å². The summed E-state index contributed by atoms with van der Waals surface area (Å²) in [5.74, 6) is 0.702. The Morgan fingerprint density at radius 1 is 1.21 bits per heavy atom. The van der Waals surface area contributed by atoms with Crippen molar-refractivity contribution in [1.29, 1.82) is 0 Å². The molecule has 1 heterocycles. The van der Waals surface area contributed by atoms with Crippen LogP contribution in [0.25, 0.3) is 0 Å². The number of halogens is 2. The minimum absolute atomic E-state index is 0.113. The Morgan fingerprint density at radius 2 is 1.89 bits per heavy atom. The van der Waals surface area contributed by atoms with Crippen LogP contribution in [0.4, 0.5) is 0 Å². The zero-order valence-electron chi connectivity index (χ0n) is 11.4. The van der Waals surface area contributed by atoms with Gasteiger partial charge in [0.1, 0.15) is 11.9 Å². The van der Waals surface area contributed by atoms with Gasteiger partial charge in [0, 0.05) is 37.7 Å². The molecular formula is C14H20Cl2N2O. The average Bonchev–Trinajstić information content (AvgIpc) is 2.36. The van der Waals surface area contributed by atoms with Gasteiger partial charge in [-0.15, -0.1) is 0 Å². The minimum Gasteiger partial charge on any atom is -0.488 e. The molecule has 1 saturated heterocycles. The van der Waals surface area contributed by atoms with Gasteiger partial charge in [-0.1, -0.05) is 23.2 Å². The van der Waals surface area contributed by atoms with Crippen LogP contribution in [0.1, 0.15) is 6.92 Å². The first-order chi connectivity index (χ1) is 9.04. The molecule has 19 heavy (non-hydrogen) atoms. The molecule has 1 aromatic rings. The van der Waals surface area contributed by atoms with Gasteiger partial charge in [-0.05, 0) is 32.2 Å². The number of rotatable bonds is 4. The molecule has 0 radical (unpaired) electrons. The number of ether oxygens (including phenoxy) is 1. The molecule has 106 valence electrons. The largest absolute Gasteiger partial charge is 0.488 e. The molecule has 2 rings (SSSR count). The summed E-state index contributed by atoms with van der Waals surface area (Å²) in [4.78, 5) is 4.77. The molecule has 1 fully saturated rings. The first-order valence-electron chi connectivity index (χ1n) is 6.57. The van der Waals surface area contributed by atoms with E-state index in [4.69, 9.17) is 27.9 Å². The molecule has 0 spiro atoms. The highest BCUT2D eigenvalue weighted by Gasteiger charge is 2.17. The van der Waals surface area contributed by atoms with Crippen molar-refractivity contribution in [2.24, 2.45) is 0 Å². The highest BCUT2D eigenvalue weighted by atomic mass is 35.5. The summed E-state index contributed by atoms with van der Waals surface area (Å²) in [6, 6.07) is 5.33. The van der Waals surface area contributed by atoms with E-state index < -0.39 is 0 Å². The molecule has 0 aliphatic carbocycles. The van der Waals surface area contributed by atoms with Gasteiger partial charge < -0.3 is 9.64 Å². The first kappa shape index (κ1) is 14.9. The van der Waals surface area contributed by atoms with E-state index in [1.54, 1.807) is 12.1 Å². The SMILES string of the molecule is CC(CN1CCN(C)CC1)Oc1ccc(Cl)cc1Cl. The second-order valence-electron chi connectivity index (χ2n) is 5.11. The highest BCUT2D eigenvalue weighted by Crippen LogP contribution is 2.28. The van der Waals surface area contributed by atoms with Crippen molar-refractivity contribution in [3.05, 3.63) is 28.2 Å². The van der Waals surface area contributed by atoms with E-state index in [9.17, 15) is 0 Å². The summed E-state index contributed by atoms with van der Waals surface area (Å²) in [7, 11) is 2.16. The number of benzene rings is 1. The van der Waals surface area contributed by atoms with Gasteiger partial charge in [-0.25, -0.2) is 0 Å². The fraction of sp³-hybridized carbons (Fsp3) is 0.571. The zero-order chi connectivity index (χ0) is 13.8. The molecule has 1 atom stereocenters. The van der Waals surface area contributed by atoms with E-state index in [2.05, 4.69) is 23.8 Å². The Kier molecular flexibility index (Phi) is 5.34. The third-order valence-electron chi connectivity index (χ3n) is 3.33. The highest BCUT2D eigenvalue weighted by molar-refractivity contribution is 6.35. The molecule has 0 N–H and O–H groups in total. The Bertz CT molecular complexity index is 420. The minimum atomic E-state index is 0.113. The van der Waals surface area contributed by atoms with Crippen LogP contribution in [0.2, 0.25) is 10.0 Å². The maximum Gasteiger partial charge on any atom is 0.138 e. The predicted molar refractivity (Wildman–Crippen MR) is 80.5 cm³/mol. The molecule has 0 bridgehead atoms. The normalized spacial score (nSPS) is 19.4. The number of piperazine rings is 1. The third kappa shape index (κ3) is 4.53. The van der Waals surface area contributed by atoms with Crippen LogP contribution in [0.3, 0.4) is 0 Å². The number of hydrogen-bond acceptors (Lipinski definition) is 3. The van der Waals surface area contributed by atoms with Gasteiger partial charge >= 0.3 is 0 Å². The van der Waals surface area contributed by atoms with E-state index in [0.717, 1.165) is 32.7 Å². The van der Waals surface area contributed by atoms with Crippen molar-refractivity contribution >= 4 is 23.2 Å². The second-order valence-corrected chi connectivity index (χ2v) is 5.95. The average molecular weight is 303 g/mol. The summed E-state index contributed by atoms with van der Waals surface area (Å²) >= 11 is 12.0. The molecular weight excluding hydrogens is 283 g/mol. The predicted octanol–water partition coefficient (Wildman–Crippen LogP) is 3.01. The smallest absolute Gasteiger partial charge is 0.138 e. The number of likely N-dealkylation sites (N-methyl/N-ethyl adjacent to an activating group) is 1. The van der Waals surface area contributed by atoms with Crippen LogP contribution in [0.15, 0.2) is 18.2 Å². The fourth-order valence-corrected chi connectivity index (χ4v) is 2.67. The van der Waals surface area contributed by atoms with Crippen molar-refractivity contribution in [3.63, 3.8) is 0 Å². The van der Waals surface area contributed by atoms with Crippen LogP contribution in [-0.4, -0.2) is 55.7 Å².